The Hall–Kier alpha value is 0.270. The highest BCUT2D eigenvalue weighted by molar-refractivity contribution is 7.99. The van der Waals surface area contributed by atoms with Crippen molar-refractivity contribution in [1.29, 1.82) is 0 Å². The van der Waals surface area contributed by atoms with Crippen LogP contribution in [0.4, 0.5) is 0 Å². The molecule has 0 bridgehead atoms. The predicted octanol–water partition coefficient (Wildman–Crippen LogP) is 0.449. The topological polar surface area (TPSA) is 46.2 Å². The molecular formula is C7H15NOS. The van der Waals surface area contributed by atoms with E-state index in [1.807, 2.05) is 11.8 Å². The van der Waals surface area contributed by atoms with E-state index >= 15 is 0 Å². The summed E-state index contributed by atoms with van der Waals surface area (Å²) < 4.78 is 0. The molecule has 1 rings (SSSR count). The molecule has 1 saturated heterocycles. The molecule has 0 aliphatic carbocycles. The molecule has 1 unspecified atom stereocenters. The average molecular weight is 161 g/mol. The molecule has 3 heteroatoms. The van der Waals surface area contributed by atoms with Crippen molar-refractivity contribution in [1.82, 2.24) is 0 Å². The van der Waals surface area contributed by atoms with E-state index in [1.165, 1.54) is 12.2 Å². The standard InChI is InChI=1S/C7H15NOS/c8-3-1-7(9)6-2-4-10-5-6/h6-7,9H,1-5,8H2/t6?,7-/m1/s1. The summed E-state index contributed by atoms with van der Waals surface area (Å²) >= 11 is 1.94. The number of thioether (sulfide) groups is 1. The largest absolute Gasteiger partial charge is 0.393 e. The highest BCUT2D eigenvalue weighted by atomic mass is 32.2. The van der Waals surface area contributed by atoms with E-state index in [1.54, 1.807) is 0 Å². The van der Waals surface area contributed by atoms with Crippen LogP contribution >= 0.6 is 11.8 Å². The van der Waals surface area contributed by atoms with Gasteiger partial charge < -0.3 is 10.8 Å². The lowest BCUT2D eigenvalue weighted by Crippen LogP contribution is -2.23. The number of hydrogen-bond donors (Lipinski definition) is 2. The molecule has 0 aromatic heterocycles. The van der Waals surface area contributed by atoms with Gasteiger partial charge in [0.1, 0.15) is 0 Å². The van der Waals surface area contributed by atoms with Gasteiger partial charge >= 0.3 is 0 Å². The van der Waals surface area contributed by atoms with Crippen molar-refractivity contribution >= 4 is 11.8 Å². The van der Waals surface area contributed by atoms with Crippen LogP contribution in [0.2, 0.25) is 0 Å². The second-order valence-corrected chi connectivity index (χ2v) is 3.92. The van der Waals surface area contributed by atoms with Crippen molar-refractivity contribution in [3.05, 3.63) is 0 Å². The normalized spacial score (nSPS) is 28.8. The first-order chi connectivity index (χ1) is 4.84. The average Bonchev–Trinajstić information content (AvgIpc) is 2.38. The molecule has 1 aliphatic rings. The number of aliphatic hydroxyl groups excluding tert-OH is 1. The van der Waals surface area contributed by atoms with Gasteiger partial charge in [0.25, 0.3) is 0 Å². The Bertz CT molecular complexity index is 93.6. The smallest absolute Gasteiger partial charge is 0.0588 e. The summed E-state index contributed by atoms with van der Waals surface area (Å²) in [6, 6.07) is 0. The van der Waals surface area contributed by atoms with E-state index in [-0.39, 0.29) is 6.10 Å². The molecule has 0 amide bonds. The van der Waals surface area contributed by atoms with Gasteiger partial charge in [-0.15, -0.1) is 0 Å². The lowest BCUT2D eigenvalue weighted by molar-refractivity contribution is 0.113. The zero-order chi connectivity index (χ0) is 7.40. The van der Waals surface area contributed by atoms with Crippen molar-refractivity contribution in [3.8, 4) is 0 Å². The summed E-state index contributed by atoms with van der Waals surface area (Å²) in [5.74, 6) is 2.86. The van der Waals surface area contributed by atoms with E-state index in [9.17, 15) is 5.11 Å². The molecule has 0 aromatic carbocycles. The fraction of sp³-hybridized carbons (Fsp3) is 1.00. The van der Waals surface area contributed by atoms with Crippen LogP contribution in [0.5, 0.6) is 0 Å². The zero-order valence-corrected chi connectivity index (χ0v) is 6.94. The summed E-state index contributed by atoms with van der Waals surface area (Å²) in [5.41, 5.74) is 5.33. The van der Waals surface area contributed by atoms with Crippen LogP contribution in [-0.2, 0) is 0 Å². The Morgan fingerprint density at radius 2 is 2.50 bits per heavy atom. The van der Waals surface area contributed by atoms with Crippen LogP contribution < -0.4 is 5.73 Å². The van der Waals surface area contributed by atoms with Crippen molar-refractivity contribution < 1.29 is 5.11 Å². The molecule has 1 heterocycles. The van der Waals surface area contributed by atoms with Crippen molar-refractivity contribution in [2.45, 2.75) is 18.9 Å². The molecule has 60 valence electrons. The molecule has 1 fully saturated rings. The third kappa shape index (κ3) is 2.15. The Labute approximate surface area is 66.2 Å². The minimum absolute atomic E-state index is 0.139. The van der Waals surface area contributed by atoms with Crippen molar-refractivity contribution in [3.63, 3.8) is 0 Å². The Morgan fingerprint density at radius 1 is 1.70 bits per heavy atom. The summed E-state index contributed by atoms with van der Waals surface area (Å²) in [6.45, 7) is 0.613. The van der Waals surface area contributed by atoms with Gasteiger partial charge in [-0.1, -0.05) is 0 Å². The fourth-order valence-corrected chi connectivity index (χ4v) is 2.59. The Kier molecular flexibility index (Phi) is 3.52. The van der Waals surface area contributed by atoms with Gasteiger partial charge in [0, 0.05) is 0 Å². The molecule has 1 aliphatic heterocycles. The van der Waals surface area contributed by atoms with Gasteiger partial charge in [-0.25, -0.2) is 0 Å². The Morgan fingerprint density at radius 3 is 3.00 bits per heavy atom. The summed E-state index contributed by atoms with van der Waals surface area (Å²) in [7, 11) is 0. The lowest BCUT2D eigenvalue weighted by atomic mass is 10.00. The van der Waals surface area contributed by atoms with Crippen LogP contribution in [0.25, 0.3) is 0 Å². The van der Waals surface area contributed by atoms with E-state index in [0.717, 1.165) is 12.2 Å². The highest BCUT2D eigenvalue weighted by Gasteiger charge is 2.22. The SMILES string of the molecule is NCC[C@@H](O)C1CCSC1. The first-order valence-electron chi connectivity index (χ1n) is 3.80. The van der Waals surface area contributed by atoms with Crippen LogP contribution in [0, 0.1) is 5.92 Å². The first kappa shape index (κ1) is 8.37. The maximum absolute atomic E-state index is 9.46. The van der Waals surface area contributed by atoms with Crippen LogP contribution in [0.15, 0.2) is 0 Å². The first-order valence-corrected chi connectivity index (χ1v) is 4.96. The summed E-state index contributed by atoms with van der Waals surface area (Å²) in [6.07, 6.45) is 1.80. The van der Waals surface area contributed by atoms with Gasteiger partial charge in [0.2, 0.25) is 0 Å². The van der Waals surface area contributed by atoms with Gasteiger partial charge in [-0.2, -0.15) is 11.8 Å². The van der Waals surface area contributed by atoms with Crippen LogP contribution in [-0.4, -0.2) is 29.3 Å². The minimum atomic E-state index is -0.139. The minimum Gasteiger partial charge on any atom is -0.393 e. The molecule has 0 saturated carbocycles. The predicted molar refractivity (Wildman–Crippen MR) is 45.1 cm³/mol. The summed E-state index contributed by atoms with van der Waals surface area (Å²) in [4.78, 5) is 0. The number of aliphatic hydroxyl groups is 1. The van der Waals surface area contributed by atoms with E-state index < -0.39 is 0 Å². The molecule has 2 nitrogen and oxygen atoms in total. The second-order valence-electron chi connectivity index (χ2n) is 2.77. The third-order valence-electron chi connectivity index (χ3n) is 1.97. The van der Waals surface area contributed by atoms with Gasteiger partial charge in [-0.05, 0) is 36.8 Å². The van der Waals surface area contributed by atoms with E-state index in [4.69, 9.17) is 5.73 Å². The second kappa shape index (κ2) is 4.21. The molecular weight excluding hydrogens is 146 g/mol. The maximum atomic E-state index is 9.46. The van der Waals surface area contributed by atoms with E-state index in [0.29, 0.717) is 12.5 Å². The lowest BCUT2D eigenvalue weighted by Gasteiger charge is -2.15. The number of nitrogens with two attached hydrogens (primary N) is 1. The van der Waals surface area contributed by atoms with Crippen LogP contribution in [0.3, 0.4) is 0 Å². The van der Waals surface area contributed by atoms with Gasteiger partial charge in [-0.3, -0.25) is 0 Å². The van der Waals surface area contributed by atoms with Gasteiger partial charge in [0.05, 0.1) is 6.10 Å². The Balaban J connectivity index is 2.18. The van der Waals surface area contributed by atoms with Crippen molar-refractivity contribution in [2.75, 3.05) is 18.1 Å². The fourth-order valence-electron chi connectivity index (χ4n) is 1.26. The molecule has 0 radical (unpaired) electrons. The highest BCUT2D eigenvalue weighted by Crippen LogP contribution is 2.26. The molecule has 0 spiro atoms. The molecule has 0 aromatic rings. The summed E-state index contributed by atoms with van der Waals surface area (Å²) in [5, 5.41) is 9.46. The molecule has 2 atom stereocenters. The quantitative estimate of drug-likeness (QED) is 0.631. The zero-order valence-electron chi connectivity index (χ0n) is 6.12. The maximum Gasteiger partial charge on any atom is 0.0588 e. The van der Waals surface area contributed by atoms with Crippen LogP contribution in [0.1, 0.15) is 12.8 Å². The number of hydrogen-bond acceptors (Lipinski definition) is 3. The van der Waals surface area contributed by atoms with E-state index in [2.05, 4.69) is 0 Å². The molecule has 10 heavy (non-hydrogen) atoms. The third-order valence-corrected chi connectivity index (χ3v) is 3.16. The van der Waals surface area contributed by atoms with Crippen molar-refractivity contribution in [2.24, 2.45) is 11.7 Å². The van der Waals surface area contributed by atoms with Gasteiger partial charge in [0.15, 0.2) is 0 Å². The molecule has 3 N–H and O–H groups in total. The number of rotatable bonds is 3. The monoisotopic (exact) mass is 161 g/mol.